The highest BCUT2D eigenvalue weighted by Gasteiger charge is 2.18. The van der Waals surface area contributed by atoms with Crippen LogP contribution in [0.1, 0.15) is 54.5 Å². The first-order chi connectivity index (χ1) is 17.1. The third-order valence-electron chi connectivity index (χ3n) is 6.13. The van der Waals surface area contributed by atoms with Gasteiger partial charge < -0.3 is 14.7 Å². The quantitative estimate of drug-likeness (QED) is 0.226. The predicted octanol–water partition coefficient (Wildman–Crippen LogP) is 5.92. The van der Waals surface area contributed by atoms with E-state index in [0.717, 1.165) is 54.5 Å². The molecule has 0 spiro atoms. The Morgan fingerprint density at radius 3 is 2.57 bits per heavy atom. The summed E-state index contributed by atoms with van der Waals surface area (Å²) in [6.07, 6.45) is 9.61. The van der Waals surface area contributed by atoms with E-state index in [1.54, 1.807) is 12.4 Å². The van der Waals surface area contributed by atoms with Crippen molar-refractivity contribution in [2.75, 3.05) is 6.61 Å². The Balaban J connectivity index is 1.45. The maximum Gasteiger partial charge on any atom is 0.341 e. The van der Waals surface area contributed by atoms with Crippen molar-refractivity contribution in [1.82, 2.24) is 4.98 Å². The molecule has 1 aliphatic rings. The summed E-state index contributed by atoms with van der Waals surface area (Å²) in [6, 6.07) is 19.8. The number of allylic oxidation sites excluding steroid dienone is 2. The summed E-state index contributed by atoms with van der Waals surface area (Å²) in [5, 5.41) is 13.5. The molecule has 35 heavy (non-hydrogen) atoms. The van der Waals surface area contributed by atoms with Crippen molar-refractivity contribution in [2.45, 2.75) is 45.1 Å². The maximum atomic E-state index is 10.9. The molecule has 4 rings (SSSR count). The molecular weight excluding hydrogens is 440 g/mol. The summed E-state index contributed by atoms with van der Waals surface area (Å²) in [5.74, 6) is -0.290. The van der Waals surface area contributed by atoms with Crippen LogP contribution in [0.2, 0.25) is 0 Å². The topological polar surface area (TPSA) is 81.0 Å². The third-order valence-corrected chi connectivity index (χ3v) is 6.13. The van der Waals surface area contributed by atoms with Gasteiger partial charge in [-0.1, -0.05) is 66.2 Å². The molecule has 1 aromatic heterocycles. The van der Waals surface area contributed by atoms with Gasteiger partial charge in [-0.2, -0.15) is 0 Å². The van der Waals surface area contributed by atoms with E-state index in [-0.39, 0.29) is 12.7 Å². The fourth-order valence-electron chi connectivity index (χ4n) is 4.24. The molecular formula is C29H30N2O4. The largest absolute Gasteiger partial charge is 0.482 e. The van der Waals surface area contributed by atoms with E-state index >= 15 is 0 Å². The number of pyridine rings is 1. The first-order valence-electron chi connectivity index (χ1n) is 11.9. The molecule has 0 saturated carbocycles. The number of nitrogens with zero attached hydrogens (tertiary/aromatic N) is 2. The van der Waals surface area contributed by atoms with E-state index in [2.05, 4.69) is 29.2 Å². The fraction of sp³-hybridized carbons (Fsp3) is 0.276. The second-order valence-corrected chi connectivity index (χ2v) is 8.51. The molecule has 6 heteroatoms. The molecule has 0 bridgehead atoms. The molecule has 0 fully saturated rings. The number of oxime groups is 1. The van der Waals surface area contributed by atoms with Gasteiger partial charge >= 0.3 is 5.97 Å². The van der Waals surface area contributed by atoms with Gasteiger partial charge in [-0.15, -0.1) is 0 Å². The molecule has 3 aromatic rings. The average Bonchev–Trinajstić information content (AvgIpc) is 2.90. The number of carboxylic acids is 1. The summed E-state index contributed by atoms with van der Waals surface area (Å²) in [4.78, 5) is 21.1. The van der Waals surface area contributed by atoms with Crippen LogP contribution in [-0.2, 0) is 22.5 Å². The zero-order valence-electron chi connectivity index (χ0n) is 19.9. The highest BCUT2D eigenvalue weighted by molar-refractivity contribution is 5.85. The van der Waals surface area contributed by atoms with Crippen molar-refractivity contribution in [1.29, 1.82) is 0 Å². The normalized spacial score (nSPS) is 15.3. The van der Waals surface area contributed by atoms with Crippen LogP contribution in [0.3, 0.4) is 0 Å². The van der Waals surface area contributed by atoms with Gasteiger partial charge in [0, 0.05) is 24.4 Å². The number of ether oxygens (including phenoxy) is 1. The van der Waals surface area contributed by atoms with Crippen LogP contribution < -0.4 is 4.74 Å². The number of aromatic nitrogens is 1. The zero-order valence-corrected chi connectivity index (χ0v) is 19.9. The van der Waals surface area contributed by atoms with Crippen LogP contribution in [0.5, 0.6) is 5.75 Å². The molecule has 0 amide bonds. The van der Waals surface area contributed by atoms with Crippen molar-refractivity contribution in [3.05, 3.63) is 107 Å². The Hall–Kier alpha value is -3.93. The SMILES string of the molecule is CC/C(C/C=C1\CCc2c(cccc2OCC(=O)O)C1)=N\OC(c1ccccc1)c1ccncc1. The number of rotatable bonds is 10. The summed E-state index contributed by atoms with van der Waals surface area (Å²) in [5.41, 5.74) is 6.69. The van der Waals surface area contributed by atoms with Crippen LogP contribution >= 0.6 is 0 Å². The molecule has 1 atom stereocenters. The van der Waals surface area contributed by atoms with Crippen LogP contribution in [-0.4, -0.2) is 28.4 Å². The lowest BCUT2D eigenvalue weighted by Crippen LogP contribution is -2.13. The summed E-state index contributed by atoms with van der Waals surface area (Å²) < 4.78 is 5.49. The number of benzene rings is 2. The molecule has 0 radical (unpaired) electrons. The second kappa shape index (κ2) is 12.0. The van der Waals surface area contributed by atoms with E-state index < -0.39 is 5.97 Å². The van der Waals surface area contributed by atoms with Crippen molar-refractivity contribution >= 4 is 11.7 Å². The molecule has 1 unspecified atom stereocenters. The molecule has 180 valence electrons. The number of aliphatic carboxylic acids is 1. The second-order valence-electron chi connectivity index (χ2n) is 8.51. The van der Waals surface area contributed by atoms with Gasteiger partial charge in [0.25, 0.3) is 0 Å². The van der Waals surface area contributed by atoms with Crippen molar-refractivity contribution in [2.24, 2.45) is 5.16 Å². The lowest BCUT2D eigenvalue weighted by molar-refractivity contribution is -0.139. The highest BCUT2D eigenvalue weighted by Crippen LogP contribution is 2.32. The van der Waals surface area contributed by atoms with Crippen LogP contribution in [0.4, 0.5) is 0 Å². The summed E-state index contributed by atoms with van der Waals surface area (Å²) in [7, 11) is 0. The van der Waals surface area contributed by atoms with Crippen molar-refractivity contribution in [3.63, 3.8) is 0 Å². The minimum Gasteiger partial charge on any atom is -0.482 e. The Morgan fingerprint density at radius 2 is 1.83 bits per heavy atom. The molecule has 2 aromatic carbocycles. The molecule has 1 N–H and O–H groups in total. The fourth-order valence-corrected chi connectivity index (χ4v) is 4.24. The molecule has 1 aliphatic carbocycles. The summed E-state index contributed by atoms with van der Waals surface area (Å²) in [6.45, 7) is 1.77. The Bertz CT molecular complexity index is 1150. The van der Waals surface area contributed by atoms with Gasteiger partial charge in [-0.25, -0.2) is 4.79 Å². The van der Waals surface area contributed by atoms with E-state index in [4.69, 9.17) is 14.7 Å². The van der Waals surface area contributed by atoms with Gasteiger partial charge in [0.1, 0.15) is 5.75 Å². The predicted molar refractivity (Wildman–Crippen MR) is 136 cm³/mol. The van der Waals surface area contributed by atoms with Crippen molar-refractivity contribution in [3.8, 4) is 5.75 Å². The molecule has 0 aliphatic heterocycles. The first kappa shape index (κ1) is 24.2. The molecule has 6 nitrogen and oxygen atoms in total. The standard InChI is InChI=1S/C29H30N2O4/c1-2-25(31-35-29(22-7-4-3-5-8-22)23-15-17-30-18-16-23)13-11-21-12-14-26-24(19-21)9-6-10-27(26)34-20-28(32)33/h3-11,15-18,29H,2,12-14,19-20H2,1H3,(H,32,33)/b21-11+,31-25+. The van der Waals surface area contributed by atoms with E-state index in [0.29, 0.717) is 5.75 Å². The zero-order chi connectivity index (χ0) is 24.5. The van der Waals surface area contributed by atoms with Gasteiger partial charge in [-0.3, -0.25) is 4.98 Å². The van der Waals surface area contributed by atoms with E-state index in [1.165, 1.54) is 11.1 Å². The molecule has 0 saturated heterocycles. The lowest BCUT2D eigenvalue weighted by Gasteiger charge is -2.21. The lowest BCUT2D eigenvalue weighted by atomic mass is 9.87. The van der Waals surface area contributed by atoms with Crippen LogP contribution in [0, 0.1) is 0 Å². The van der Waals surface area contributed by atoms with E-state index in [1.807, 2.05) is 54.6 Å². The Labute approximate surface area is 205 Å². The third kappa shape index (κ3) is 6.57. The number of hydrogen-bond donors (Lipinski definition) is 1. The number of carboxylic acid groups (broad SMARTS) is 1. The molecule has 1 heterocycles. The van der Waals surface area contributed by atoms with Gasteiger partial charge in [-0.05, 0) is 60.6 Å². The monoisotopic (exact) mass is 470 g/mol. The average molecular weight is 471 g/mol. The minimum absolute atomic E-state index is 0.292. The highest BCUT2D eigenvalue weighted by atomic mass is 16.6. The number of fused-ring (bicyclic) bond motifs is 1. The summed E-state index contributed by atoms with van der Waals surface area (Å²) >= 11 is 0. The first-order valence-corrected chi connectivity index (χ1v) is 11.9. The van der Waals surface area contributed by atoms with Crippen LogP contribution in [0.25, 0.3) is 0 Å². The number of carbonyl (C=O) groups is 1. The smallest absolute Gasteiger partial charge is 0.341 e. The Morgan fingerprint density at radius 1 is 1.06 bits per heavy atom. The van der Waals surface area contributed by atoms with E-state index in [9.17, 15) is 4.79 Å². The minimum atomic E-state index is -0.967. The van der Waals surface area contributed by atoms with Crippen molar-refractivity contribution < 1.29 is 19.5 Å². The van der Waals surface area contributed by atoms with Gasteiger partial charge in [0.2, 0.25) is 0 Å². The number of hydrogen-bond acceptors (Lipinski definition) is 5. The maximum absolute atomic E-state index is 10.9. The van der Waals surface area contributed by atoms with Gasteiger partial charge in [0.15, 0.2) is 12.7 Å². The van der Waals surface area contributed by atoms with Gasteiger partial charge in [0.05, 0.1) is 5.71 Å². The Kier molecular flexibility index (Phi) is 8.28. The van der Waals surface area contributed by atoms with Crippen LogP contribution in [0.15, 0.2) is 89.9 Å².